The van der Waals surface area contributed by atoms with Crippen LogP contribution in [0.3, 0.4) is 0 Å². The fourth-order valence-electron chi connectivity index (χ4n) is 4.26. The number of amides is 2. The molecule has 0 aliphatic heterocycles. The third-order valence-electron chi connectivity index (χ3n) is 6.47. The Morgan fingerprint density at radius 2 is 1.54 bits per heavy atom. The highest BCUT2D eigenvalue weighted by Gasteiger charge is 2.10. The Morgan fingerprint density at radius 3 is 2.18 bits per heavy atom. The van der Waals surface area contributed by atoms with E-state index in [2.05, 4.69) is 15.6 Å². The van der Waals surface area contributed by atoms with Gasteiger partial charge in [0.2, 0.25) is 0 Å². The summed E-state index contributed by atoms with van der Waals surface area (Å²) in [6, 6.07) is 26.2. The Balaban J connectivity index is 1.24. The summed E-state index contributed by atoms with van der Waals surface area (Å²) in [5.41, 5.74) is 7.38. The summed E-state index contributed by atoms with van der Waals surface area (Å²) < 4.78 is 25.5. The predicted octanol–water partition coefficient (Wildman–Crippen LogP) is 5.46. The molecule has 0 bridgehead atoms. The van der Waals surface area contributed by atoms with Gasteiger partial charge in [-0.05, 0) is 65.2 Å². The molecule has 5 aromatic rings. The minimum absolute atomic E-state index is 0.264. The van der Waals surface area contributed by atoms with Gasteiger partial charge in [-0.2, -0.15) is 0 Å². The smallest absolute Gasteiger partial charge is 0.319 e. The van der Waals surface area contributed by atoms with Crippen LogP contribution in [0.1, 0.15) is 5.56 Å². The number of hydrogen-bond acceptors (Lipinski definition) is 5. The molecule has 0 saturated carbocycles. The first-order chi connectivity index (χ1) is 18.7. The van der Waals surface area contributed by atoms with Crippen molar-refractivity contribution >= 4 is 32.9 Å². The summed E-state index contributed by atoms with van der Waals surface area (Å²) in [7, 11) is 0.707. The van der Waals surface area contributed by atoms with Gasteiger partial charge < -0.3 is 15.5 Å². The molecule has 0 aliphatic carbocycles. The van der Waals surface area contributed by atoms with Crippen molar-refractivity contribution in [2.45, 2.75) is 11.4 Å². The highest BCUT2D eigenvalue weighted by atomic mass is 32.2. The molecule has 39 heavy (non-hydrogen) atoms. The van der Waals surface area contributed by atoms with Crippen molar-refractivity contribution in [3.63, 3.8) is 0 Å². The number of imidazole rings is 1. The number of hydrogen-bond donors (Lipinski definition) is 2. The maximum Gasteiger partial charge on any atom is 0.319 e. The van der Waals surface area contributed by atoms with E-state index in [1.165, 1.54) is 6.26 Å². The summed E-state index contributed by atoms with van der Waals surface area (Å²) in [4.78, 5) is 19.2. The van der Waals surface area contributed by atoms with E-state index in [4.69, 9.17) is 0 Å². The highest BCUT2D eigenvalue weighted by molar-refractivity contribution is 7.90. The fraction of sp³-hybridized carbons (Fsp3) is 0.133. The number of anilines is 2. The lowest BCUT2D eigenvalue weighted by atomic mass is 10.1. The molecule has 198 valence electrons. The van der Waals surface area contributed by atoms with Crippen molar-refractivity contribution in [3.8, 4) is 22.4 Å². The standard InChI is InChI=1S/C30H29N5O3S/c1-34(2)26-12-10-25(11-13-26)33-30(36)32-19-21-4-6-23(7-5-21)28-20-31-29-18-24(16-17-35(28)29)22-8-14-27(15-9-22)39(3,37)38/h4-18,20H,19H2,1-3H3,(H2,32,33,36). The van der Waals surface area contributed by atoms with Gasteiger partial charge in [-0.15, -0.1) is 0 Å². The van der Waals surface area contributed by atoms with Crippen LogP contribution in [0.15, 0.2) is 102 Å². The zero-order chi connectivity index (χ0) is 27.6. The number of sulfone groups is 1. The van der Waals surface area contributed by atoms with Gasteiger partial charge in [-0.3, -0.25) is 4.40 Å². The number of fused-ring (bicyclic) bond motifs is 1. The minimum atomic E-state index is -3.23. The van der Waals surface area contributed by atoms with Gasteiger partial charge in [0.05, 0.1) is 16.8 Å². The Kier molecular flexibility index (Phi) is 7.08. The second kappa shape index (κ2) is 10.6. The molecule has 0 unspecified atom stereocenters. The number of pyridine rings is 1. The summed E-state index contributed by atoms with van der Waals surface area (Å²) >= 11 is 0. The number of carbonyl (C=O) groups excluding carboxylic acids is 1. The van der Waals surface area contributed by atoms with Crippen LogP contribution in [0.25, 0.3) is 28.0 Å². The van der Waals surface area contributed by atoms with Crippen LogP contribution in [0.5, 0.6) is 0 Å². The molecule has 0 spiro atoms. The van der Waals surface area contributed by atoms with Crippen molar-refractivity contribution in [2.24, 2.45) is 0 Å². The summed E-state index contributed by atoms with van der Waals surface area (Å²) in [5, 5.41) is 5.74. The summed E-state index contributed by atoms with van der Waals surface area (Å²) in [6.45, 7) is 0.399. The topological polar surface area (TPSA) is 95.8 Å². The van der Waals surface area contributed by atoms with E-state index in [1.807, 2.05) is 96.5 Å². The quantitative estimate of drug-likeness (QED) is 0.286. The van der Waals surface area contributed by atoms with E-state index in [9.17, 15) is 13.2 Å². The van der Waals surface area contributed by atoms with Crippen molar-refractivity contribution in [1.82, 2.24) is 14.7 Å². The maximum atomic E-state index is 12.3. The molecule has 2 N–H and O–H groups in total. The normalized spacial score (nSPS) is 11.4. The van der Waals surface area contributed by atoms with E-state index in [0.29, 0.717) is 11.4 Å². The van der Waals surface area contributed by atoms with E-state index < -0.39 is 9.84 Å². The van der Waals surface area contributed by atoms with Gasteiger partial charge in [-0.25, -0.2) is 18.2 Å². The van der Waals surface area contributed by atoms with Gasteiger partial charge >= 0.3 is 6.03 Å². The van der Waals surface area contributed by atoms with Crippen LogP contribution < -0.4 is 15.5 Å². The SMILES string of the molecule is CN(C)c1ccc(NC(=O)NCc2ccc(-c3cnc4cc(-c5ccc(S(C)(=O)=O)cc5)ccn34)cc2)cc1. The molecule has 2 amide bonds. The van der Waals surface area contributed by atoms with Crippen LogP contribution in [-0.4, -0.2) is 44.2 Å². The molecule has 9 heteroatoms. The largest absolute Gasteiger partial charge is 0.378 e. The number of nitrogens with one attached hydrogen (secondary N) is 2. The van der Waals surface area contributed by atoms with Crippen molar-refractivity contribution < 1.29 is 13.2 Å². The lowest BCUT2D eigenvalue weighted by molar-refractivity contribution is 0.251. The average Bonchev–Trinajstić information content (AvgIpc) is 3.35. The van der Waals surface area contributed by atoms with E-state index in [1.54, 1.807) is 24.3 Å². The molecular formula is C30H29N5O3S. The van der Waals surface area contributed by atoms with Crippen LogP contribution >= 0.6 is 0 Å². The third-order valence-corrected chi connectivity index (χ3v) is 7.60. The fourth-order valence-corrected chi connectivity index (χ4v) is 4.89. The Bertz CT molecular complexity index is 1730. The number of rotatable bonds is 7. The molecule has 0 saturated heterocycles. The highest BCUT2D eigenvalue weighted by Crippen LogP contribution is 2.26. The number of carbonyl (C=O) groups is 1. The lowest BCUT2D eigenvalue weighted by Gasteiger charge is -2.13. The lowest BCUT2D eigenvalue weighted by Crippen LogP contribution is -2.28. The van der Waals surface area contributed by atoms with Gasteiger partial charge in [-0.1, -0.05) is 36.4 Å². The van der Waals surface area contributed by atoms with Gasteiger partial charge in [0.25, 0.3) is 0 Å². The van der Waals surface area contributed by atoms with Crippen molar-refractivity contribution in [3.05, 3.63) is 103 Å². The molecule has 2 aromatic heterocycles. The van der Waals surface area contributed by atoms with Gasteiger partial charge in [0.15, 0.2) is 9.84 Å². The molecule has 0 aliphatic rings. The molecule has 2 heterocycles. The van der Waals surface area contributed by atoms with Crippen LogP contribution in [0.4, 0.5) is 16.2 Å². The van der Waals surface area contributed by atoms with E-state index >= 15 is 0 Å². The molecule has 0 atom stereocenters. The minimum Gasteiger partial charge on any atom is -0.378 e. The summed E-state index contributed by atoms with van der Waals surface area (Å²) in [6.07, 6.45) is 4.99. The van der Waals surface area contributed by atoms with Crippen LogP contribution in [0, 0.1) is 0 Å². The summed E-state index contributed by atoms with van der Waals surface area (Å²) in [5.74, 6) is 0. The number of nitrogens with zero attached hydrogens (tertiary/aromatic N) is 3. The first kappa shape index (κ1) is 26.0. The monoisotopic (exact) mass is 539 g/mol. The Morgan fingerprint density at radius 1 is 0.872 bits per heavy atom. The first-order valence-electron chi connectivity index (χ1n) is 12.4. The van der Waals surface area contributed by atoms with Crippen LogP contribution in [-0.2, 0) is 16.4 Å². The molecule has 5 rings (SSSR count). The first-order valence-corrected chi connectivity index (χ1v) is 14.3. The zero-order valence-corrected chi connectivity index (χ0v) is 22.7. The molecule has 3 aromatic carbocycles. The second-order valence-corrected chi connectivity index (χ2v) is 11.5. The zero-order valence-electron chi connectivity index (χ0n) is 21.9. The van der Waals surface area contributed by atoms with E-state index in [-0.39, 0.29) is 6.03 Å². The molecule has 0 radical (unpaired) electrons. The average molecular weight is 540 g/mol. The second-order valence-electron chi connectivity index (χ2n) is 9.53. The molecular weight excluding hydrogens is 510 g/mol. The van der Waals surface area contributed by atoms with Crippen molar-refractivity contribution in [2.75, 3.05) is 30.6 Å². The van der Waals surface area contributed by atoms with E-state index in [0.717, 1.165) is 45.0 Å². The Hall–Kier alpha value is -4.63. The predicted molar refractivity (Wildman–Crippen MR) is 156 cm³/mol. The van der Waals surface area contributed by atoms with Crippen molar-refractivity contribution in [1.29, 1.82) is 0 Å². The number of aromatic nitrogens is 2. The molecule has 0 fully saturated rings. The molecule has 8 nitrogen and oxygen atoms in total. The number of urea groups is 1. The third kappa shape index (κ3) is 5.94. The van der Waals surface area contributed by atoms with Gasteiger partial charge in [0, 0.05) is 50.0 Å². The Labute approximate surface area is 227 Å². The maximum absolute atomic E-state index is 12.3. The van der Waals surface area contributed by atoms with Crippen LogP contribution in [0.2, 0.25) is 0 Å². The van der Waals surface area contributed by atoms with Gasteiger partial charge in [0.1, 0.15) is 5.65 Å². The number of benzene rings is 3.